The maximum absolute atomic E-state index is 14.1. The lowest BCUT2D eigenvalue weighted by Gasteiger charge is -2.26. The molecule has 1 saturated heterocycles. The summed E-state index contributed by atoms with van der Waals surface area (Å²) in [5.74, 6) is -0.0823. The van der Waals surface area contributed by atoms with E-state index in [2.05, 4.69) is 0 Å². The van der Waals surface area contributed by atoms with Gasteiger partial charge in [-0.15, -0.1) is 0 Å². The fourth-order valence-electron chi connectivity index (χ4n) is 2.37. The van der Waals surface area contributed by atoms with E-state index in [1.165, 1.54) is 6.07 Å². The molecule has 0 aromatic heterocycles. The third-order valence-electron chi connectivity index (χ3n) is 3.63. The number of nitrogens with zero attached hydrogens (tertiary/aromatic N) is 1. The molecule has 2 rings (SSSR count). The first kappa shape index (κ1) is 14.3. The molecule has 4 nitrogen and oxygen atoms in total. The monoisotopic (exact) mass is 286 g/mol. The average Bonchev–Trinajstić information content (AvgIpc) is 2.68. The van der Waals surface area contributed by atoms with Gasteiger partial charge in [0.25, 0.3) is 0 Å². The lowest BCUT2D eigenvalue weighted by atomic mass is 10.1. The summed E-state index contributed by atoms with van der Waals surface area (Å²) in [4.78, 5) is 1.71. The SMILES string of the molecule is C[C@@H](N)c1ccc(N(C)C2CCS(=O)(=O)C2)c(F)c1. The van der Waals surface area contributed by atoms with Crippen LogP contribution in [0.3, 0.4) is 0 Å². The number of hydrogen-bond acceptors (Lipinski definition) is 4. The first-order valence-corrected chi connectivity index (χ1v) is 8.10. The summed E-state index contributed by atoms with van der Waals surface area (Å²) >= 11 is 0. The molecule has 1 aromatic rings. The van der Waals surface area contributed by atoms with Gasteiger partial charge in [-0.25, -0.2) is 12.8 Å². The molecule has 0 bridgehead atoms. The van der Waals surface area contributed by atoms with Crippen molar-refractivity contribution in [3.63, 3.8) is 0 Å². The normalized spacial score (nSPS) is 23.3. The Kier molecular flexibility index (Phi) is 3.82. The van der Waals surface area contributed by atoms with Crippen LogP contribution >= 0.6 is 0 Å². The fraction of sp³-hybridized carbons (Fsp3) is 0.538. The van der Waals surface area contributed by atoms with Crippen LogP contribution < -0.4 is 10.6 Å². The predicted molar refractivity (Wildman–Crippen MR) is 74.5 cm³/mol. The van der Waals surface area contributed by atoms with Gasteiger partial charge in [0.1, 0.15) is 5.82 Å². The number of sulfone groups is 1. The maximum atomic E-state index is 14.1. The summed E-state index contributed by atoms with van der Waals surface area (Å²) in [6.07, 6.45) is 0.549. The van der Waals surface area contributed by atoms with E-state index < -0.39 is 9.84 Å². The van der Waals surface area contributed by atoms with Crippen molar-refractivity contribution in [1.82, 2.24) is 0 Å². The quantitative estimate of drug-likeness (QED) is 0.914. The minimum Gasteiger partial charge on any atom is -0.368 e. The van der Waals surface area contributed by atoms with E-state index in [1.54, 1.807) is 31.0 Å². The van der Waals surface area contributed by atoms with Gasteiger partial charge < -0.3 is 10.6 Å². The summed E-state index contributed by atoms with van der Waals surface area (Å²) in [5.41, 5.74) is 6.86. The van der Waals surface area contributed by atoms with Crippen molar-refractivity contribution < 1.29 is 12.8 Å². The number of benzene rings is 1. The van der Waals surface area contributed by atoms with Crippen LogP contribution in [0.15, 0.2) is 18.2 Å². The van der Waals surface area contributed by atoms with Crippen LogP contribution in [0.4, 0.5) is 10.1 Å². The van der Waals surface area contributed by atoms with Crippen LogP contribution in [0, 0.1) is 5.82 Å². The Labute approximate surface area is 113 Å². The molecule has 1 aliphatic rings. The van der Waals surface area contributed by atoms with Crippen molar-refractivity contribution in [1.29, 1.82) is 0 Å². The minimum absolute atomic E-state index is 0.0952. The van der Waals surface area contributed by atoms with Crippen LogP contribution in [0.1, 0.15) is 24.9 Å². The average molecular weight is 286 g/mol. The van der Waals surface area contributed by atoms with Crippen molar-refractivity contribution in [2.45, 2.75) is 25.4 Å². The van der Waals surface area contributed by atoms with Gasteiger partial charge in [0.15, 0.2) is 9.84 Å². The van der Waals surface area contributed by atoms with Crippen LogP contribution in [0.5, 0.6) is 0 Å². The Morgan fingerprint density at radius 2 is 2.16 bits per heavy atom. The van der Waals surface area contributed by atoms with E-state index in [9.17, 15) is 12.8 Å². The molecule has 1 aliphatic heterocycles. The second-order valence-electron chi connectivity index (χ2n) is 5.17. The molecule has 2 N–H and O–H groups in total. The Morgan fingerprint density at radius 3 is 2.63 bits per heavy atom. The van der Waals surface area contributed by atoms with Gasteiger partial charge in [-0.1, -0.05) is 6.07 Å². The second kappa shape index (κ2) is 5.09. The standard InChI is InChI=1S/C13H19FN2O2S/c1-9(15)10-3-4-13(12(14)7-10)16(2)11-5-6-19(17,18)8-11/h3-4,7,9,11H,5-6,8,15H2,1-2H3/t9-,11?/m1/s1. The number of anilines is 1. The van der Waals surface area contributed by atoms with Crippen molar-refractivity contribution in [2.75, 3.05) is 23.5 Å². The highest BCUT2D eigenvalue weighted by Gasteiger charge is 2.31. The molecule has 6 heteroatoms. The van der Waals surface area contributed by atoms with Gasteiger partial charge in [-0.05, 0) is 31.0 Å². The molecule has 0 radical (unpaired) electrons. The molecule has 1 heterocycles. The van der Waals surface area contributed by atoms with Gasteiger partial charge in [0, 0.05) is 19.1 Å². The summed E-state index contributed by atoms with van der Waals surface area (Å²) in [7, 11) is -1.24. The van der Waals surface area contributed by atoms with E-state index in [-0.39, 0.29) is 29.4 Å². The first-order valence-electron chi connectivity index (χ1n) is 6.28. The smallest absolute Gasteiger partial charge is 0.152 e. The highest BCUT2D eigenvalue weighted by molar-refractivity contribution is 7.91. The van der Waals surface area contributed by atoms with Crippen molar-refractivity contribution in [2.24, 2.45) is 5.73 Å². The van der Waals surface area contributed by atoms with Gasteiger partial charge in [0.05, 0.1) is 17.2 Å². The van der Waals surface area contributed by atoms with E-state index in [0.717, 1.165) is 5.56 Å². The van der Waals surface area contributed by atoms with Gasteiger partial charge in [-0.3, -0.25) is 0 Å². The first-order chi connectivity index (χ1) is 8.80. The van der Waals surface area contributed by atoms with E-state index >= 15 is 0 Å². The molecule has 19 heavy (non-hydrogen) atoms. The number of rotatable bonds is 3. The Morgan fingerprint density at radius 1 is 1.47 bits per heavy atom. The third kappa shape index (κ3) is 3.06. The zero-order valence-electron chi connectivity index (χ0n) is 11.1. The zero-order chi connectivity index (χ0) is 14.2. The van der Waals surface area contributed by atoms with Gasteiger partial charge in [0.2, 0.25) is 0 Å². The molecule has 1 unspecified atom stereocenters. The van der Waals surface area contributed by atoms with Gasteiger partial charge >= 0.3 is 0 Å². The third-order valence-corrected chi connectivity index (χ3v) is 5.38. The minimum atomic E-state index is -2.97. The van der Waals surface area contributed by atoms with E-state index in [0.29, 0.717) is 12.1 Å². The van der Waals surface area contributed by atoms with E-state index in [1.807, 2.05) is 0 Å². The molecule has 0 aliphatic carbocycles. The predicted octanol–water partition coefficient (Wildman–Crippen LogP) is 1.47. The second-order valence-corrected chi connectivity index (χ2v) is 7.40. The zero-order valence-corrected chi connectivity index (χ0v) is 12.0. The molecule has 0 spiro atoms. The summed E-state index contributed by atoms with van der Waals surface area (Å²) in [6.45, 7) is 1.79. The summed E-state index contributed by atoms with van der Waals surface area (Å²) < 4.78 is 37.0. The topological polar surface area (TPSA) is 63.4 Å². The Hall–Kier alpha value is -1.14. The lowest BCUT2D eigenvalue weighted by Crippen LogP contribution is -2.33. The van der Waals surface area contributed by atoms with Crippen molar-refractivity contribution in [3.8, 4) is 0 Å². The fourth-order valence-corrected chi connectivity index (χ4v) is 4.14. The number of halogens is 1. The van der Waals surface area contributed by atoms with Crippen LogP contribution in [0.2, 0.25) is 0 Å². The summed E-state index contributed by atoms with van der Waals surface area (Å²) in [6, 6.07) is 4.49. The lowest BCUT2D eigenvalue weighted by molar-refractivity contribution is 0.595. The Balaban J connectivity index is 2.23. The Bertz CT molecular complexity index is 572. The maximum Gasteiger partial charge on any atom is 0.152 e. The van der Waals surface area contributed by atoms with Crippen LogP contribution in [-0.4, -0.2) is 33.0 Å². The van der Waals surface area contributed by atoms with Crippen LogP contribution in [0.25, 0.3) is 0 Å². The molecule has 106 valence electrons. The highest BCUT2D eigenvalue weighted by Crippen LogP contribution is 2.27. The summed E-state index contributed by atoms with van der Waals surface area (Å²) in [5, 5.41) is 0. The largest absolute Gasteiger partial charge is 0.368 e. The van der Waals surface area contributed by atoms with Gasteiger partial charge in [-0.2, -0.15) is 0 Å². The molecule has 2 atom stereocenters. The number of hydrogen-bond donors (Lipinski definition) is 1. The number of nitrogens with two attached hydrogens (primary N) is 1. The molecule has 0 amide bonds. The molecule has 1 fully saturated rings. The van der Waals surface area contributed by atoms with Crippen molar-refractivity contribution >= 4 is 15.5 Å². The van der Waals surface area contributed by atoms with E-state index in [4.69, 9.17) is 5.73 Å². The molecule has 1 aromatic carbocycles. The molecule has 0 saturated carbocycles. The highest BCUT2D eigenvalue weighted by atomic mass is 32.2. The molecular weight excluding hydrogens is 267 g/mol. The van der Waals surface area contributed by atoms with Crippen molar-refractivity contribution in [3.05, 3.63) is 29.6 Å². The molecular formula is C13H19FN2O2S. The van der Waals surface area contributed by atoms with Crippen LogP contribution in [-0.2, 0) is 9.84 Å².